The molecule has 5 N–H and O–H groups in total. The molecule has 0 aromatic heterocycles. The van der Waals surface area contributed by atoms with Crippen LogP contribution in [-0.2, 0) is 15.8 Å². The highest BCUT2D eigenvalue weighted by molar-refractivity contribution is 5.97. The van der Waals surface area contributed by atoms with Gasteiger partial charge in [0.15, 0.2) is 5.75 Å². The van der Waals surface area contributed by atoms with E-state index in [1.807, 2.05) is 0 Å². The molecule has 1 aromatic carbocycles. The van der Waals surface area contributed by atoms with Crippen molar-refractivity contribution in [3.05, 3.63) is 17.7 Å². The van der Waals surface area contributed by atoms with Crippen molar-refractivity contribution in [2.24, 2.45) is 10.7 Å². The number of benzene rings is 1. The lowest BCUT2D eigenvalue weighted by molar-refractivity contribution is -0.137. The Morgan fingerprint density at radius 1 is 1.23 bits per heavy atom. The van der Waals surface area contributed by atoms with Crippen LogP contribution >= 0.6 is 0 Å². The zero-order chi connectivity index (χ0) is 23.0. The van der Waals surface area contributed by atoms with Gasteiger partial charge in [-0.3, -0.25) is 14.6 Å². The number of nitrogens with zero attached hydrogens (tertiary/aromatic N) is 1. The van der Waals surface area contributed by atoms with Crippen LogP contribution in [0.25, 0.3) is 0 Å². The number of anilines is 2. The summed E-state index contributed by atoms with van der Waals surface area (Å²) in [6, 6.07) is 1.63. The molecule has 0 bridgehead atoms. The third-order valence-corrected chi connectivity index (χ3v) is 4.47. The number of alkyl halides is 3. The molecule has 0 aliphatic carbocycles. The number of aliphatic imine (C=N–C) groups is 1. The Morgan fingerprint density at radius 3 is 2.45 bits per heavy atom. The Labute approximate surface area is 178 Å². The minimum Gasteiger partial charge on any atom is -0.485 e. The number of nitrogens with two attached hydrogens (primary N) is 1. The van der Waals surface area contributed by atoms with Gasteiger partial charge in [0.05, 0.1) is 22.8 Å². The average Bonchev–Trinajstić information content (AvgIpc) is 3.15. The maximum atomic E-state index is 13.4. The van der Waals surface area contributed by atoms with E-state index in [0.717, 1.165) is 12.1 Å². The number of amidine groups is 1. The summed E-state index contributed by atoms with van der Waals surface area (Å²) >= 11 is 0. The number of hydrogen-bond acceptors (Lipinski definition) is 5. The van der Waals surface area contributed by atoms with Crippen molar-refractivity contribution in [2.75, 3.05) is 30.3 Å². The predicted molar refractivity (Wildman–Crippen MR) is 112 cm³/mol. The highest BCUT2D eigenvalue weighted by Crippen LogP contribution is 2.41. The fraction of sp³-hybridized carbons (Fsp3) is 0.550. The van der Waals surface area contributed by atoms with Crippen LogP contribution in [0.15, 0.2) is 17.1 Å². The molecule has 0 spiro atoms. The highest BCUT2D eigenvalue weighted by atomic mass is 19.4. The molecular weight excluding hydrogens is 415 g/mol. The molecule has 2 rings (SSSR count). The lowest BCUT2D eigenvalue weighted by atomic mass is 10.1. The summed E-state index contributed by atoms with van der Waals surface area (Å²) in [5, 5.41) is 7.99. The molecule has 1 aromatic rings. The molecule has 31 heavy (non-hydrogen) atoms. The van der Waals surface area contributed by atoms with Crippen LogP contribution in [-0.4, -0.2) is 43.4 Å². The van der Waals surface area contributed by atoms with Gasteiger partial charge in [0.1, 0.15) is 6.10 Å². The first-order valence-electron chi connectivity index (χ1n) is 10.0. The highest BCUT2D eigenvalue weighted by Gasteiger charge is 2.33. The molecule has 1 heterocycles. The number of nitrogens with one attached hydrogen (secondary N) is 3. The number of hydrogen-bond donors (Lipinski definition) is 4. The van der Waals surface area contributed by atoms with Gasteiger partial charge in [-0.15, -0.1) is 0 Å². The van der Waals surface area contributed by atoms with Gasteiger partial charge in [-0.1, -0.05) is 0 Å². The maximum Gasteiger partial charge on any atom is 0.416 e. The van der Waals surface area contributed by atoms with E-state index < -0.39 is 23.6 Å². The first kappa shape index (κ1) is 24.4. The fourth-order valence-corrected chi connectivity index (χ4v) is 3.06. The van der Waals surface area contributed by atoms with Gasteiger partial charge < -0.3 is 26.4 Å². The topological polar surface area (TPSA) is 118 Å². The Bertz CT molecular complexity index is 817. The fourth-order valence-electron chi connectivity index (χ4n) is 3.06. The van der Waals surface area contributed by atoms with Crippen LogP contribution in [0.4, 0.5) is 24.5 Å². The third kappa shape index (κ3) is 8.08. The summed E-state index contributed by atoms with van der Waals surface area (Å²) in [7, 11) is 0. The van der Waals surface area contributed by atoms with E-state index in [1.165, 1.54) is 6.92 Å². The van der Waals surface area contributed by atoms with Gasteiger partial charge in [0, 0.05) is 26.4 Å². The van der Waals surface area contributed by atoms with Crippen LogP contribution < -0.4 is 26.4 Å². The van der Waals surface area contributed by atoms with Crippen molar-refractivity contribution in [1.29, 1.82) is 0 Å². The maximum absolute atomic E-state index is 13.4. The van der Waals surface area contributed by atoms with Crippen molar-refractivity contribution in [3.8, 4) is 5.75 Å². The second-order valence-electron chi connectivity index (χ2n) is 7.34. The van der Waals surface area contributed by atoms with Crippen molar-refractivity contribution in [3.63, 3.8) is 0 Å². The number of amides is 2. The van der Waals surface area contributed by atoms with Crippen LogP contribution in [0.1, 0.15) is 45.1 Å². The second-order valence-corrected chi connectivity index (χ2v) is 7.34. The number of carbonyl (C=O) groups is 2. The predicted octanol–water partition coefficient (Wildman–Crippen LogP) is 2.89. The van der Waals surface area contributed by atoms with Gasteiger partial charge >= 0.3 is 6.18 Å². The first-order valence-corrected chi connectivity index (χ1v) is 10.0. The van der Waals surface area contributed by atoms with Crippen LogP contribution in [0, 0.1) is 0 Å². The largest absolute Gasteiger partial charge is 0.485 e. The molecule has 1 aliphatic heterocycles. The van der Waals surface area contributed by atoms with Crippen LogP contribution in [0.3, 0.4) is 0 Å². The lowest BCUT2D eigenvalue weighted by Gasteiger charge is -2.22. The number of ether oxygens (including phenoxy) is 1. The molecule has 0 radical (unpaired) electrons. The van der Waals surface area contributed by atoms with Gasteiger partial charge in [0.2, 0.25) is 11.8 Å². The van der Waals surface area contributed by atoms with Crippen molar-refractivity contribution < 1.29 is 27.5 Å². The molecule has 2 amide bonds. The van der Waals surface area contributed by atoms with Crippen LogP contribution in [0.2, 0.25) is 0 Å². The Morgan fingerprint density at radius 2 is 1.90 bits per heavy atom. The number of carbonyl (C=O) groups excluding carboxylic acids is 2. The van der Waals surface area contributed by atoms with Crippen molar-refractivity contribution in [2.45, 2.75) is 51.8 Å². The summed E-state index contributed by atoms with van der Waals surface area (Å²) < 4.78 is 46.1. The zero-order valence-electron chi connectivity index (χ0n) is 17.6. The monoisotopic (exact) mass is 443 g/mol. The molecule has 8 nitrogen and oxygen atoms in total. The van der Waals surface area contributed by atoms with E-state index in [0.29, 0.717) is 44.7 Å². The minimum atomic E-state index is -4.67. The first-order chi connectivity index (χ1) is 14.6. The van der Waals surface area contributed by atoms with Gasteiger partial charge in [-0.2, -0.15) is 13.2 Å². The zero-order valence-corrected chi connectivity index (χ0v) is 17.6. The van der Waals surface area contributed by atoms with Gasteiger partial charge in [-0.05, 0) is 44.9 Å². The second kappa shape index (κ2) is 11.0. The van der Waals surface area contributed by atoms with Crippen molar-refractivity contribution in [1.82, 2.24) is 5.32 Å². The molecule has 1 aliphatic rings. The van der Waals surface area contributed by atoms with Gasteiger partial charge in [-0.25, -0.2) is 0 Å². The minimum absolute atomic E-state index is 0.00797. The number of unbranched alkanes of at least 4 members (excludes halogenated alkanes) is 1. The molecule has 1 fully saturated rings. The molecule has 172 valence electrons. The summed E-state index contributed by atoms with van der Waals surface area (Å²) in [6.45, 7) is 4.52. The number of halogens is 3. The number of rotatable bonds is 9. The summed E-state index contributed by atoms with van der Waals surface area (Å²) in [6.07, 6.45) is -3.12. The van der Waals surface area contributed by atoms with E-state index in [4.69, 9.17) is 10.5 Å². The van der Waals surface area contributed by atoms with Gasteiger partial charge in [0.25, 0.3) is 0 Å². The summed E-state index contributed by atoms with van der Waals surface area (Å²) in [5.74, 6) is -0.562. The molecule has 11 heteroatoms. The Kier molecular flexibility index (Phi) is 8.66. The molecule has 1 saturated heterocycles. The third-order valence-electron chi connectivity index (χ3n) is 4.47. The average molecular weight is 443 g/mol. The Balaban J connectivity index is 2.26. The molecule has 0 saturated carbocycles. The lowest BCUT2D eigenvalue weighted by Crippen LogP contribution is -2.23. The summed E-state index contributed by atoms with van der Waals surface area (Å²) in [5.41, 5.74) is 4.17. The standard InChI is InChI=1S/C20H28F3N5O3/c1-12(24)26-7-4-3-5-18(30)28-17-10-14(20(21,22)23)9-16(27-13(2)29)19(17)31-15-6-8-25-11-15/h9-10,15,25H,3-8,11H2,1-2H3,(H2,24,26)(H,27,29)(H,28,30). The summed E-state index contributed by atoms with van der Waals surface area (Å²) in [4.78, 5) is 28.0. The smallest absolute Gasteiger partial charge is 0.416 e. The van der Waals surface area contributed by atoms with Crippen LogP contribution in [0.5, 0.6) is 5.75 Å². The van der Waals surface area contributed by atoms with E-state index in [2.05, 4.69) is 20.9 Å². The molecule has 1 atom stereocenters. The van der Waals surface area contributed by atoms with E-state index in [1.54, 1.807) is 6.92 Å². The van der Waals surface area contributed by atoms with E-state index >= 15 is 0 Å². The molecule has 1 unspecified atom stereocenters. The SMILES string of the molecule is CC(=O)Nc1cc(C(F)(F)F)cc(NC(=O)CCCCN=C(C)N)c1OC1CCNC1. The normalized spacial score (nSPS) is 16.8. The Hall–Kier alpha value is -2.82. The quantitative estimate of drug-likeness (QED) is 0.266. The van der Waals surface area contributed by atoms with E-state index in [9.17, 15) is 22.8 Å². The van der Waals surface area contributed by atoms with E-state index in [-0.39, 0.29) is 29.6 Å². The van der Waals surface area contributed by atoms with Crippen molar-refractivity contribution >= 4 is 29.0 Å². The molecular formula is C20H28F3N5O3.